The Kier molecular flexibility index (Phi) is 7.37. The largest absolute Gasteiger partial charge is 0.338 e. The summed E-state index contributed by atoms with van der Waals surface area (Å²) in [6.07, 6.45) is 0.258. The van der Waals surface area contributed by atoms with Crippen LogP contribution in [-0.2, 0) is 27.3 Å². The van der Waals surface area contributed by atoms with E-state index in [0.717, 1.165) is 11.1 Å². The van der Waals surface area contributed by atoms with Crippen LogP contribution in [-0.4, -0.2) is 34.3 Å². The number of nitrogens with zero attached hydrogens (tertiary/aromatic N) is 1. The fraction of sp³-hybridized carbons (Fsp3) is 0.238. The maximum absolute atomic E-state index is 12.4. The Morgan fingerprint density at radius 1 is 1.03 bits per heavy atom. The van der Waals surface area contributed by atoms with Crippen LogP contribution in [0.3, 0.4) is 0 Å². The van der Waals surface area contributed by atoms with E-state index in [9.17, 15) is 14.4 Å². The Labute approximate surface area is 184 Å². The topological polar surface area (TPSA) is 90.5 Å². The molecule has 7 nitrogen and oxygen atoms in total. The highest BCUT2D eigenvalue weighted by molar-refractivity contribution is 7.80. The monoisotopic (exact) mass is 444 g/mol. The number of amides is 3. The number of nitrogens with one attached hydrogen (secondary N) is 3. The molecule has 156 valence electrons. The van der Waals surface area contributed by atoms with E-state index in [1.165, 1.54) is 0 Å². The molecule has 2 aromatic rings. The van der Waals surface area contributed by atoms with Crippen molar-refractivity contribution in [2.75, 3.05) is 6.54 Å². The summed E-state index contributed by atoms with van der Waals surface area (Å²) in [5.41, 5.74) is 6.77. The normalized spacial score (nSPS) is 15.6. The molecule has 2 aromatic carbocycles. The third-order valence-corrected chi connectivity index (χ3v) is 5.09. The first-order valence-corrected chi connectivity index (χ1v) is 10.1. The summed E-state index contributed by atoms with van der Waals surface area (Å²) in [5, 5.41) is 3.06. The minimum atomic E-state index is -0.485. The van der Waals surface area contributed by atoms with Crippen LogP contribution in [0.1, 0.15) is 17.5 Å². The van der Waals surface area contributed by atoms with Crippen molar-refractivity contribution in [2.45, 2.75) is 19.4 Å². The molecule has 3 rings (SSSR count). The van der Waals surface area contributed by atoms with Crippen molar-refractivity contribution in [1.82, 2.24) is 21.1 Å². The molecule has 0 aliphatic carbocycles. The predicted molar refractivity (Wildman–Crippen MR) is 117 cm³/mol. The molecule has 0 aromatic heterocycles. The number of thiocarbonyl (C=S) groups is 1. The Balaban J connectivity index is 1.41. The Morgan fingerprint density at radius 3 is 2.43 bits per heavy atom. The van der Waals surface area contributed by atoms with Gasteiger partial charge < -0.3 is 10.2 Å². The smallest absolute Gasteiger partial charge is 0.243 e. The van der Waals surface area contributed by atoms with E-state index in [0.29, 0.717) is 18.1 Å². The standard InChI is InChI=1S/C21H21ClN4O3S/c22-17-8-6-14(7-9-17)10-18(27)23-21(30)25-24-20(29)16-11-19(28)26(13-16)12-15-4-2-1-3-5-15/h1-9,16H,10-13H2,(H,24,29)(H2,23,25,27,30). The quantitative estimate of drug-likeness (QED) is 0.484. The van der Waals surface area contributed by atoms with Crippen molar-refractivity contribution in [3.05, 3.63) is 70.7 Å². The molecule has 1 heterocycles. The predicted octanol–water partition coefficient (Wildman–Crippen LogP) is 1.95. The number of likely N-dealkylation sites (tertiary alicyclic amines) is 1. The van der Waals surface area contributed by atoms with Gasteiger partial charge >= 0.3 is 0 Å². The summed E-state index contributed by atoms with van der Waals surface area (Å²) in [6, 6.07) is 16.5. The Bertz CT molecular complexity index is 937. The summed E-state index contributed by atoms with van der Waals surface area (Å²) in [4.78, 5) is 38.3. The molecule has 0 bridgehead atoms. The zero-order chi connectivity index (χ0) is 21.5. The average Bonchev–Trinajstić information content (AvgIpc) is 3.09. The molecule has 1 aliphatic heterocycles. The van der Waals surface area contributed by atoms with Crippen LogP contribution in [0.15, 0.2) is 54.6 Å². The number of halogens is 1. The molecule has 1 atom stereocenters. The zero-order valence-corrected chi connectivity index (χ0v) is 17.6. The highest BCUT2D eigenvalue weighted by atomic mass is 35.5. The van der Waals surface area contributed by atoms with Gasteiger partial charge in [0.2, 0.25) is 17.7 Å². The van der Waals surface area contributed by atoms with Crippen LogP contribution in [0.25, 0.3) is 0 Å². The van der Waals surface area contributed by atoms with Gasteiger partial charge in [-0.3, -0.25) is 25.2 Å². The van der Waals surface area contributed by atoms with E-state index in [1.54, 1.807) is 29.2 Å². The van der Waals surface area contributed by atoms with Gasteiger partial charge in [0, 0.05) is 24.5 Å². The van der Waals surface area contributed by atoms with Crippen molar-refractivity contribution in [1.29, 1.82) is 0 Å². The minimum absolute atomic E-state index is 0.0206. The second-order valence-corrected chi connectivity index (χ2v) is 7.80. The summed E-state index contributed by atoms with van der Waals surface area (Å²) < 4.78 is 0. The lowest BCUT2D eigenvalue weighted by Crippen LogP contribution is -2.50. The molecule has 9 heteroatoms. The number of rotatable bonds is 5. The number of carbonyl (C=O) groups excluding carboxylic acids is 3. The summed E-state index contributed by atoms with van der Waals surface area (Å²) in [7, 11) is 0. The van der Waals surface area contributed by atoms with Crippen LogP contribution >= 0.6 is 23.8 Å². The van der Waals surface area contributed by atoms with E-state index in [-0.39, 0.29) is 35.7 Å². The Morgan fingerprint density at radius 2 is 1.73 bits per heavy atom. The van der Waals surface area contributed by atoms with Crippen LogP contribution in [0.4, 0.5) is 0 Å². The molecule has 1 saturated heterocycles. The molecule has 0 radical (unpaired) electrons. The second kappa shape index (κ2) is 10.2. The lowest BCUT2D eigenvalue weighted by Gasteiger charge is -2.17. The van der Waals surface area contributed by atoms with Gasteiger partial charge in [-0.25, -0.2) is 0 Å². The van der Waals surface area contributed by atoms with Gasteiger partial charge in [0.05, 0.1) is 12.3 Å². The lowest BCUT2D eigenvalue weighted by molar-refractivity contribution is -0.129. The van der Waals surface area contributed by atoms with Gasteiger partial charge in [-0.2, -0.15) is 0 Å². The number of hydrogen-bond donors (Lipinski definition) is 3. The average molecular weight is 445 g/mol. The van der Waals surface area contributed by atoms with E-state index in [4.69, 9.17) is 23.8 Å². The molecule has 30 heavy (non-hydrogen) atoms. The molecule has 3 amide bonds. The molecule has 1 unspecified atom stereocenters. The van der Waals surface area contributed by atoms with E-state index >= 15 is 0 Å². The summed E-state index contributed by atoms with van der Waals surface area (Å²) >= 11 is 10.9. The highest BCUT2D eigenvalue weighted by Crippen LogP contribution is 2.20. The van der Waals surface area contributed by atoms with Gasteiger partial charge in [0.1, 0.15) is 0 Å². The summed E-state index contributed by atoms with van der Waals surface area (Å²) in [5.74, 6) is -1.23. The van der Waals surface area contributed by atoms with Crippen molar-refractivity contribution < 1.29 is 14.4 Å². The van der Waals surface area contributed by atoms with Gasteiger partial charge in [-0.05, 0) is 35.5 Å². The third-order valence-electron chi connectivity index (χ3n) is 4.63. The van der Waals surface area contributed by atoms with Crippen molar-refractivity contribution in [3.8, 4) is 0 Å². The van der Waals surface area contributed by atoms with E-state index < -0.39 is 5.92 Å². The number of benzene rings is 2. The molecular formula is C21H21ClN4O3S. The third kappa shape index (κ3) is 6.27. The molecule has 1 aliphatic rings. The fourth-order valence-corrected chi connectivity index (χ4v) is 3.41. The SMILES string of the molecule is O=C(Cc1ccc(Cl)cc1)NC(=S)NNC(=O)C1CC(=O)N(Cc2ccccc2)C1. The fourth-order valence-electron chi connectivity index (χ4n) is 3.11. The maximum Gasteiger partial charge on any atom is 0.243 e. The zero-order valence-electron chi connectivity index (χ0n) is 16.1. The first kappa shape index (κ1) is 21.7. The molecule has 1 fully saturated rings. The summed E-state index contributed by atoms with van der Waals surface area (Å²) in [6.45, 7) is 0.799. The second-order valence-electron chi connectivity index (χ2n) is 6.96. The number of carbonyl (C=O) groups is 3. The van der Waals surface area contributed by atoms with Gasteiger partial charge in [0.25, 0.3) is 0 Å². The van der Waals surface area contributed by atoms with E-state index in [2.05, 4.69) is 16.2 Å². The van der Waals surface area contributed by atoms with Crippen molar-refractivity contribution >= 4 is 46.7 Å². The molecule has 3 N–H and O–H groups in total. The van der Waals surface area contributed by atoms with Crippen LogP contribution < -0.4 is 16.2 Å². The van der Waals surface area contributed by atoms with Crippen LogP contribution in [0, 0.1) is 5.92 Å². The lowest BCUT2D eigenvalue weighted by atomic mass is 10.1. The highest BCUT2D eigenvalue weighted by Gasteiger charge is 2.34. The first-order chi connectivity index (χ1) is 14.4. The number of hydrazine groups is 1. The number of hydrogen-bond acceptors (Lipinski definition) is 4. The molecule has 0 saturated carbocycles. The first-order valence-electron chi connectivity index (χ1n) is 9.36. The van der Waals surface area contributed by atoms with Crippen LogP contribution in [0.5, 0.6) is 0 Å². The molecular weight excluding hydrogens is 424 g/mol. The maximum atomic E-state index is 12.4. The van der Waals surface area contributed by atoms with Gasteiger partial charge in [-0.1, -0.05) is 54.1 Å². The van der Waals surface area contributed by atoms with E-state index in [1.807, 2.05) is 30.3 Å². The van der Waals surface area contributed by atoms with Crippen molar-refractivity contribution in [2.24, 2.45) is 5.92 Å². The van der Waals surface area contributed by atoms with Gasteiger partial charge in [0.15, 0.2) is 5.11 Å². The minimum Gasteiger partial charge on any atom is -0.338 e. The van der Waals surface area contributed by atoms with Crippen molar-refractivity contribution in [3.63, 3.8) is 0 Å². The van der Waals surface area contributed by atoms with Gasteiger partial charge in [-0.15, -0.1) is 0 Å². The molecule has 0 spiro atoms. The van der Waals surface area contributed by atoms with Crippen LogP contribution in [0.2, 0.25) is 5.02 Å². The Hall–Kier alpha value is -2.97.